The monoisotopic (exact) mass is 262 g/mol. The molecule has 1 heterocycles. The van der Waals surface area contributed by atoms with Crippen LogP contribution in [0.25, 0.3) is 0 Å². The van der Waals surface area contributed by atoms with Crippen molar-refractivity contribution in [2.45, 2.75) is 43.5 Å². The molecule has 0 unspecified atom stereocenters. The van der Waals surface area contributed by atoms with E-state index in [2.05, 4.69) is 6.92 Å². The molecule has 0 aromatic heterocycles. The Morgan fingerprint density at radius 3 is 3.00 bits per heavy atom. The first-order valence-electron chi connectivity index (χ1n) is 6.15. The zero-order valence-electron chi connectivity index (χ0n) is 10.6. The van der Waals surface area contributed by atoms with Crippen molar-refractivity contribution >= 4 is 17.7 Å². The maximum Gasteiger partial charge on any atom is 0.324 e. The summed E-state index contributed by atoms with van der Waals surface area (Å²) in [6, 6.07) is 0. The van der Waals surface area contributed by atoms with E-state index in [1.807, 2.05) is 6.26 Å². The van der Waals surface area contributed by atoms with Crippen molar-refractivity contribution < 1.29 is 19.4 Å². The highest BCUT2D eigenvalue weighted by atomic mass is 32.2. The number of carbonyl (C=O) groups is 1. The van der Waals surface area contributed by atoms with Crippen molar-refractivity contribution in [3.63, 3.8) is 0 Å². The SMILES string of the molecule is CCCCOC[C@@H](O)[C@@]1(SC)CCCOC1=O. The van der Waals surface area contributed by atoms with Gasteiger partial charge in [-0.3, -0.25) is 4.79 Å². The van der Waals surface area contributed by atoms with Crippen LogP contribution in [-0.4, -0.2) is 48.0 Å². The first-order valence-corrected chi connectivity index (χ1v) is 7.38. The molecule has 0 aromatic carbocycles. The van der Waals surface area contributed by atoms with E-state index in [4.69, 9.17) is 9.47 Å². The third kappa shape index (κ3) is 3.60. The molecule has 1 N–H and O–H groups in total. The molecule has 1 fully saturated rings. The first-order chi connectivity index (χ1) is 8.17. The minimum atomic E-state index is -0.829. The number of aliphatic hydroxyl groups is 1. The molecular formula is C12H22O4S. The second-order valence-corrected chi connectivity index (χ2v) is 5.41. The fraction of sp³-hybridized carbons (Fsp3) is 0.917. The topological polar surface area (TPSA) is 55.8 Å². The van der Waals surface area contributed by atoms with E-state index in [1.54, 1.807) is 0 Å². The Balaban J connectivity index is 2.49. The molecule has 0 spiro atoms. The minimum Gasteiger partial charge on any atom is -0.465 e. The molecule has 100 valence electrons. The fourth-order valence-electron chi connectivity index (χ4n) is 1.92. The number of unbranched alkanes of at least 4 members (excludes halogenated alkanes) is 1. The van der Waals surface area contributed by atoms with Crippen LogP contribution in [-0.2, 0) is 14.3 Å². The van der Waals surface area contributed by atoms with Crippen molar-refractivity contribution in [3.8, 4) is 0 Å². The summed E-state index contributed by atoms with van der Waals surface area (Å²) in [5.74, 6) is -0.303. The van der Waals surface area contributed by atoms with Gasteiger partial charge in [-0.1, -0.05) is 13.3 Å². The number of ether oxygens (including phenoxy) is 2. The van der Waals surface area contributed by atoms with E-state index in [9.17, 15) is 9.90 Å². The van der Waals surface area contributed by atoms with Crippen molar-refractivity contribution in [1.29, 1.82) is 0 Å². The molecule has 1 aliphatic rings. The molecule has 2 atom stereocenters. The molecule has 17 heavy (non-hydrogen) atoms. The van der Waals surface area contributed by atoms with Crippen LogP contribution in [0.15, 0.2) is 0 Å². The summed E-state index contributed by atoms with van der Waals surface area (Å²) in [6.07, 6.45) is 4.54. The molecule has 0 amide bonds. The van der Waals surface area contributed by atoms with Crippen molar-refractivity contribution in [2.75, 3.05) is 26.1 Å². The second kappa shape index (κ2) is 7.24. The van der Waals surface area contributed by atoms with Gasteiger partial charge in [0.05, 0.1) is 13.2 Å². The number of rotatable bonds is 7. The molecule has 0 aliphatic carbocycles. The Labute approximate surface area is 107 Å². The van der Waals surface area contributed by atoms with Crippen molar-refractivity contribution in [1.82, 2.24) is 0 Å². The van der Waals surface area contributed by atoms with Crippen molar-refractivity contribution in [3.05, 3.63) is 0 Å². The smallest absolute Gasteiger partial charge is 0.324 e. The van der Waals surface area contributed by atoms with Crippen LogP contribution in [0.1, 0.15) is 32.6 Å². The molecule has 1 aliphatic heterocycles. The fourth-order valence-corrected chi connectivity index (χ4v) is 2.84. The lowest BCUT2D eigenvalue weighted by atomic mass is 9.94. The lowest BCUT2D eigenvalue weighted by Crippen LogP contribution is -2.52. The van der Waals surface area contributed by atoms with E-state index < -0.39 is 10.9 Å². The van der Waals surface area contributed by atoms with Gasteiger partial charge in [-0.25, -0.2) is 0 Å². The van der Waals surface area contributed by atoms with Gasteiger partial charge in [-0.2, -0.15) is 0 Å². The quantitative estimate of drug-likeness (QED) is 0.558. The second-order valence-electron chi connectivity index (χ2n) is 4.28. The molecule has 0 bridgehead atoms. The highest BCUT2D eigenvalue weighted by Gasteiger charge is 2.47. The van der Waals surface area contributed by atoms with Crippen LogP contribution < -0.4 is 0 Å². The van der Waals surface area contributed by atoms with Gasteiger partial charge in [0.25, 0.3) is 0 Å². The summed E-state index contributed by atoms with van der Waals surface area (Å²) in [4.78, 5) is 11.8. The highest BCUT2D eigenvalue weighted by Crippen LogP contribution is 2.36. The first kappa shape index (κ1) is 14.8. The highest BCUT2D eigenvalue weighted by molar-refractivity contribution is 8.00. The molecular weight excluding hydrogens is 240 g/mol. The zero-order valence-corrected chi connectivity index (χ0v) is 11.4. The summed E-state index contributed by atoms with van der Waals surface area (Å²) in [5.41, 5.74) is 0. The lowest BCUT2D eigenvalue weighted by Gasteiger charge is -2.36. The van der Waals surface area contributed by atoms with E-state index in [-0.39, 0.29) is 12.6 Å². The number of esters is 1. The number of hydrogen-bond acceptors (Lipinski definition) is 5. The largest absolute Gasteiger partial charge is 0.465 e. The van der Waals surface area contributed by atoms with Gasteiger partial charge in [0.1, 0.15) is 10.9 Å². The maximum absolute atomic E-state index is 11.8. The summed E-state index contributed by atoms with van der Waals surface area (Å²) >= 11 is 1.37. The van der Waals surface area contributed by atoms with Crippen LogP contribution in [0.3, 0.4) is 0 Å². The van der Waals surface area contributed by atoms with E-state index in [0.29, 0.717) is 19.6 Å². The number of hydrogen-bond donors (Lipinski definition) is 1. The summed E-state index contributed by atoms with van der Waals surface area (Å²) < 4.78 is 9.62. The molecule has 1 saturated heterocycles. The Kier molecular flexibility index (Phi) is 6.30. The van der Waals surface area contributed by atoms with Gasteiger partial charge >= 0.3 is 5.97 Å². The number of thioether (sulfide) groups is 1. The van der Waals surface area contributed by atoms with Crippen LogP contribution in [0, 0.1) is 0 Å². The van der Waals surface area contributed by atoms with Crippen LogP contribution in [0.4, 0.5) is 0 Å². The molecule has 4 nitrogen and oxygen atoms in total. The van der Waals surface area contributed by atoms with Gasteiger partial charge in [-0.15, -0.1) is 11.8 Å². The van der Waals surface area contributed by atoms with E-state index in [1.165, 1.54) is 11.8 Å². The summed E-state index contributed by atoms with van der Waals surface area (Å²) in [6.45, 7) is 3.38. The zero-order chi connectivity index (χ0) is 12.7. The third-order valence-corrected chi connectivity index (χ3v) is 4.46. The van der Waals surface area contributed by atoms with Crippen molar-refractivity contribution in [2.24, 2.45) is 0 Å². The Bertz CT molecular complexity index is 247. The van der Waals surface area contributed by atoms with E-state index >= 15 is 0 Å². The lowest BCUT2D eigenvalue weighted by molar-refractivity contribution is -0.156. The normalized spacial score (nSPS) is 26.6. The van der Waals surface area contributed by atoms with Gasteiger partial charge in [0.15, 0.2) is 0 Å². The average Bonchev–Trinajstić information content (AvgIpc) is 2.35. The van der Waals surface area contributed by atoms with Gasteiger partial charge in [0, 0.05) is 6.61 Å². The number of cyclic esters (lactones) is 1. The summed E-state index contributed by atoms with van der Waals surface area (Å²) in [5, 5.41) is 10.1. The molecule has 0 radical (unpaired) electrons. The molecule has 0 aromatic rings. The average molecular weight is 262 g/mol. The Hall–Kier alpha value is -0.260. The molecule has 1 rings (SSSR count). The predicted octanol–water partition coefficient (Wildman–Crippen LogP) is 1.60. The number of aliphatic hydroxyl groups excluding tert-OH is 1. The third-order valence-electron chi connectivity index (χ3n) is 3.09. The Morgan fingerprint density at radius 1 is 1.65 bits per heavy atom. The van der Waals surface area contributed by atoms with Gasteiger partial charge < -0.3 is 14.6 Å². The predicted molar refractivity (Wildman–Crippen MR) is 68.2 cm³/mol. The van der Waals surface area contributed by atoms with Crippen LogP contribution >= 0.6 is 11.8 Å². The van der Waals surface area contributed by atoms with Crippen LogP contribution in [0.2, 0.25) is 0 Å². The maximum atomic E-state index is 11.8. The summed E-state index contributed by atoms with van der Waals surface area (Å²) in [7, 11) is 0. The van der Waals surface area contributed by atoms with Gasteiger partial charge in [0.2, 0.25) is 0 Å². The van der Waals surface area contributed by atoms with Gasteiger partial charge in [-0.05, 0) is 25.5 Å². The number of carbonyl (C=O) groups excluding carboxylic acids is 1. The standard InChI is InChI=1S/C12H22O4S/c1-3-4-7-15-9-10(13)12(17-2)6-5-8-16-11(12)14/h10,13H,3-9H2,1-2H3/t10-,12+/m1/s1. The van der Waals surface area contributed by atoms with E-state index in [0.717, 1.165) is 19.3 Å². The minimum absolute atomic E-state index is 0.204. The molecule has 5 heteroatoms. The molecule has 0 saturated carbocycles. The van der Waals surface area contributed by atoms with Crippen LogP contribution in [0.5, 0.6) is 0 Å². The Morgan fingerprint density at radius 2 is 2.41 bits per heavy atom.